The van der Waals surface area contributed by atoms with E-state index in [1.54, 1.807) is 0 Å². The summed E-state index contributed by atoms with van der Waals surface area (Å²) in [5.74, 6) is 0. The van der Waals surface area contributed by atoms with Crippen molar-refractivity contribution in [2.75, 3.05) is 26.2 Å². The first-order valence-corrected chi connectivity index (χ1v) is 8.20. The van der Waals surface area contributed by atoms with Gasteiger partial charge in [-0.3, -0.25) is 9.58 Å². The molecule has 1 N–H and O–H groups in total. The summed E-state index contributed by atoms with van der Waals surface area (Å²) in [5, 5.41) is 8.05. The molecule has 3 heterocycles. The number of aryl methyl sites for hydroxylation is 1. The number of nitrogens with one attached hydrogen (secondary N) is 1. The average molecular weight is 276 g/mol. The molecule has 1 aromatic heterocycles. The van der Waals surface area contributed by atoms with Gasteiger partial charge >= 0.3 is 0 Å². The van der Waals surface area contributed by atoms with Gasteiger partial charge in [0.15, 0.2) is 0 Å². The smallest absolute Gasteiger partial charge is 0.0537 e. The zero-order valence-electron chi connectivity index (χ0n) is 12.9. The summed E-state index contributed by atoms with van der Waals surface area (Å²) in [4.78, 5) is 2.67. The van der Waals surface area contributed by atoms with Gasteiger partial charge in [-0.25, -0.2) is 0 Å². The molecule has 0 amide bonds. The maximum atomic E-state index is 4.43. The van der Waals surface area contributed by atoms with E-state index in [1.807, 2.05) is 4.68 Å². The number of aromatic nitrogens is 2. The van der Waals surface area contributed by atoms with Crippen LogP contribution in [-0.2, 0) is 6.54 Å². The summed E-state index contributed by atoms with van der Waals surface area (Å²) in [6.07, 6.45) is 9.75. The molecule has 0 bridgehead atoms. The largest absolute Gasteiger partial charge is 0.316 e. The van der Waals surface area contributed by atoms with E-state index in [2.05, 4.69) is 41.6 Å². The third kappa shape index (κ3) is 2.77. The van der Waals surface area contributed by atoms with Crippen molar-refractivity contribution in [2.45, 2.75) is 52.1 Å². The minimum Gasteiger partial charge on any atom is -0.316 e. The Morgan fingerprint density at radius 1 is 1.40 bits per heavy atom. The fourth-order valence-corrected chi connectivity index (χ4v) is 3.93. The molecular formula is C16H28N4. The Balaban J connectivity index is 1.69. The van der Waals surface area contributed by atoms with Gasteiger partial charge in [0, 0.05) is 37.4 Å². The first-order valence-electron chi connectivity index (χ1n) is 8.20. The first kappa shape index (κ1) is 14.1. The molecule has 4 heteroatoms. The monoisotopic (exact) mass is 276 g/mol. The Labute approximate surface area is 122 Å². The van der Waals surface area contributed by atoms with Crippen LogP contribution in [0.25, 0.3) is 0 Å². The van der Waals surface area contributed by atoms with Crippen molar-refractivity contribution in [3.63, 3.8) is 0 Å². The lowest BCUT2D eigenvalue weighted by atomic mass is 9.74. The van der Waals surface area contributed by atoms with Crippen LogP contribution in [-0.4, -0.2) is 40.9 Å². The maximum absolute atomic E-state index is 4.43. The van der Waals surface area contributed by atoms with Crippen molar-refractivity contribution < 1.29 is 0 Å². The molecule has 2 saturated heterocycles. The third-order valence-corrected chi connectivity index (χ3v) is 5.26. The van der Waals surface area contributed by atoms with Crippen molar-refractivity contribution in [3.8, 4) is 0 Å². The second-order valence-electron chi connectivity index (χ2n) is 6.66. The predicted octanol–water partition coefficient (Wildman–Crippen LogP) is 2.43. The van der Waals surface area contributed by atoms with Gasteiger partial charge in [0.2, 0.25) is 0 Å². The molecule has 0 radical (unpaired) electrons. The van der Waals surface area contributed by atoms with Crippen LogP contribution in [0.3, 0.4) is 0 Å². The highest BCUT2D eigenvalue weighted by molar-refractivity contribution is 5.10. The van der Waals surface area contributed by atoms with Crippen LogP contribution >= 0.6 is 0 Å². The molecule has 20 heavy (non-hydrogen) atoms. The van der Waals surface area contributed by atoms with Crippen LogP contribution < -0.4 is 5.32 Å². The van der Waals surface area contributed by atoms with E-state index >= 15 is 0 Å². The van der Waals surface area contributed by atoms with Crippen molar-refractivity contribution >= 4 is 0 Å². The zero-order chi connectivity index (χ0) is 14.0. The Kier molecular flexibility index (Phi) is 4.13. The molecule has 2 aliphatic heterocycles. The van der Waals surface area contributed by atoms with Crippen molar-refractivity contribution in [3.05, 3.63) is 18.0 Å². The number of piperidine rings is 2. The lowest BCUT2D eigenvalue weighted by molar-refractivity contribution is 0.0415. The van der Waals surface area contributed by atoms with Gasteiger partial charge in [-0.05, 0) is 58.0 Å². The van der Waals surface area contributed by atoms with Gasteiger partial charge in [-0.2, -0.15) is 5.10 Å². The van der Waals surface area contributed by atoms with Gasteiger partial charge in [0.05, 0.1) is 6.20 Å². The second-order valence-corrected chi connectivity index (χ2v) is 6.66. The lowest BCUT2D eigenvalue weighted by Gasteiger charge is -2.47. The van der Waals surface area contributed by atoms with Crippen LogP contribution in [0.1, 0.15) is 51.1 Å². The highest BCUT2D eigenvalue weighted by Gasteiger charge is 2.38. The van der Waals surface area contributed by atoms with Crippen molar-refractivity contribution in [2.24, 2.45) is 5.41 Å². The normalized spacial score (nSPS) is 29.7. The Hall–Kier alpha value is -0.870. The molecule has 4 nitrogen and oxygen atoms in total. The minimum atomic E-state index is 0.495. The number of nitrogens with zero attached hydrogens (tertiary/aromatic N) is 3. The topological polar surface area (TPSA) is 33.1 Å². The fraction of sp³-hybridized carbons (Fsp3) is 0.812. The van der Waals surface area contributed by atoms with Crippen molar-refractivity contribution in [1.82, 2.24) is 20.0 Å². The van der Waals surface area contributed by atoms with Gasteiger partial charge < -0.3 is 5.32 Å². The molecule has 0 saturated carbocycles. The van der Waals surface area contributed by atoms with E-state index in [9.17, 15) is 0 Å². The molecule has 2 fully saturated rings. The maximum Gasteiger partial charge on any atom is 0.0537 e. The minimum absolute atomic E-state index is 0.495. The Bertz CT molecular complexity index is 428. The molecule has 1 spiro atoms. The van der Waals surface area contributed by atoms with Crippen LogP contribution in [0.2, 0.25) is 0 Å². The van der Waals surface area contributed by atoms with E-state index in [-0.39, 0.29) is 0 Å². The molecule has 2 unspecified atom stereocenters. The zero-order valence-corrected chi connectivity index (χ0v) is 12.9. The predicted molar refractivity (Wildman–Crippen MR) is 81.7 cm³/mol. The van der Waals surface area contributed by atoms with E-state index < -0.39 is 0 Å². The lowest BCUT2D eigenvalue weighted by Crippen LogP contribution is -2.51. The second kappa shape index (κ2) is 5.86. The summed E-state index contributed by atoms with van der Waals surface area (Å²) in [5.41, 5.74) is 1.90. The molecule has 2 aliphatic rings. The summed E-state index contributed by atoms with van der Waals surface area (Å²) in [7, 11) is 0. The highest BCUT2D eigenvalue weighted by atomic mass is 15.3. The Morgan fingerprint density at radius 2 is 2.25 bits per heavy atom. The van der Waals surface area contributed by atoms with Crippen LogP contribution in [0.5, 0.6) is 0 Å². The molecule has 0 aliphatic carbocycles. The fourth-order valence-electron chi connectivity index (χ4n) is 3.93. The van der Waals surface area contributed by atoms with Crippen LogP contribution in [0.4, 0.5) is 0 Å². The first-order chi connectivity index (χ1) is 9.72. The number of likely N-dealkylation sites (tertiary alicyclic amines) is 1. The third-order valence-electron chi connectivity index (χ3n) is 5.26. The van der Waals surface area contributed by atoms with Crippen molar-refractivity contribution in [1.29, 1.82) is 0 Å². The quantitative estimate of drug-likeness (QED) is 0.920. The van der Waals surface area contributed by atoms with E-state index in [0.717, 1.165) is 6.54 Å². The van der Waals surface area contributed by atoms with Gasteiger partial charge in [-0.1, -0.05) is 0 Å². The van der Waals surface area contributed by atoms with Gasteiger partial charge in [0.1, 0.15) is 0 Å². The summed E-state index contributed by atoms with van der Waals surface area (Å²) in [6.45, 7) is 10.3. The molecule has 1 aromatic rings. The number of rotatable bonds is 3. The highest BCUT2D eigenvalue weighted by Crippen LogP contribution is 2.38. The number of hydrogen-bond acceptors (Lipinski definition) is 3. The molecular weight excluding hydrogens is 248 g/mol. The van der Waals surface area contributed by atoms with Crippen LogP contribution in [0.15, 0.2) is 12.4 Å². The molecule has 2 atom stereocenters. The standard InChI is InChI=1S/C16H28N4/c1-3-20-11-15(10-18-20)14(2)19-9-5-7-16(13-19)6-4-8-17-12-16/h10-11,14,17H,3-9,12-13H2,1-2H3. The number of hydrogen-bond donors (Lipinski definition) is 1. The molecule has 112 valence electrons. The summed E-state index contributed by atoms with van der Waals surface area (Å²) < 4.78 is 2.04. The summed E-state index contributed by atoms with van der Waals surface area (Å²) in [6, 6.07) is 0.495. The SMILES string of the molecule is CCn1cc(C(C)N2CCCC3(CCCNC3)C2)cn1. The molecule has 0 aromatic carbocycles. The van der Waals surface area contributed by atoms with Gasteiger partial charge in [0.25, 0.3) is 0 Å². The van der Waals surface area contributed by atoms with E-state index in [1.165, 1.54) is 57.4 Å². The van der Waals surface area contributed by atoms with E-state index in [4.69, 9.17) is 0 Å². The average Bonchev–Trinajstić information content (AvgIpc) is 2.96. The van der Waals surface area contributed by atoms with Gasteiger partial charge in [-0.15, -0.1) is 0 Å². The summed E-state index contributed by atoms with van der Waals surface area (Å²) >= 11 is 0. The molecule has 3 rings (SSSR count). The van der Waals surface area contributed by atoms with E-state index in [0.29, 0.717) is 11.5 Å². The Morgan fingerprint density at radius 3 is 2.95 bits per heavy atom. The van der Waals surface area contributed by atoms with Crippen LogP contribution in [0, 0.1) is 5.41 Å².